The number of amides is 2. The third-order valence-electron chi connectivity index (χ3n) is 3.96. The van der Waals surface area contributed by atoms with Crippen LogP contribution in [0.5, 0.6) is 0 Å². The van der Waals surface area contributed by atoms with E-state index in [9.17, 15) is 4.79 Å². The maximum Gasteiger partial charge on any atom is 0.321 e. The van der Waals surface area contributed by atoms with Gasteiger partial charge in [0.15, 0.2) is 0 Å². The topological polar surface area (TPSA) is 86.8 Å². The smallest absolute Gasteiger partial charge is 0.321 e. The lowest BCUT2D eigenvalue weighted by molar-refractivity contribution is 0.168. The molecule has 1 saturated heterocycles. The van der Waals surface area contributed by atoms with Gasteiger partial charge in [0.05, 0.1) is 11.6 Å². The number of carbonyl (C=O) groups is 1. The van der Waals surface area contributed by atoms with Gasteiger partial charge in [-0.15, -0.1) is 0 Å². The Morgan fingerprint density at radius 2 is 2.39 bits per heavy atom. The summed E-state index contributed by atoms with van der Waals surface area (Å²) in [7, 11) is 0. The minimum absolute atomic E-state index is 0.122. The van der Waals surface area contributed by atoms with Crippen molar-refractivity contribution >= 4 is 11.7 Å². The molecule has 1 aromatic heterocycles. The maximum absolute atomic E-state index is 12.4. The van der Waals surface area contributed by atoms with Crippen molar-refractivity contribution in [2.45, 2.75) is 19.4 Å². The molecule has 0 aliphatic carbocycles. The molecular formula is C16H18N6O. The fourth-order valence-electron chi connectivity index (χ4n) is 2.86. The van der Waals surface area contributed by atoms with E-state index in [-0.39, 0.29) is 6.03 Å². The summed E-state index contributed by atoms with van der Waals surface area (Å²) in [6, 6.07) is 8.89. The number of nitrogens with zero attached hydrogens (tertiary/aromatic N) is 5. The molecule has 1 aliphatic heterocycles. The zero-order valence-corrected chi connectivity index (χ0v) is 12.7. The van der Waals surface area contributed by atoms with Crippen molar-refractivity contribution in [1.29, 1.82) is 5.26 Å². The largest absolute Gasteiger partial charge is 0.324 e. The van der Waals surface area contributed by atoms with Gasteiger partial charge in [0.2, 0.25) is 0 Å². The van der Waals surface area contributed by atoms with Gasteiger partial charge < -0.3 is 10.2 Å². The molecule has 2 aromatic rings. The molecule has 1 atom stereocenters. The minimum Gasteiger partial charge on any atom is -0.324 e. The number of hydrogen-bond acceptors (Lipinski definition) is 4. The Bertz CT molecular complexity index is 706. The number of benzene rings is 1. The summed E-state index contributed by atoms with van der Waals surface area (Å²) in [5, 5.41) is 15.9. The number of urea groups is 1. The summed E-state index contributed by atoms with van der Waals surface area (Å²) < 4.78 is 1.81. The fourth-order valence-corrected chi connectivity index (χ4v) is 2.86. The van der Waals surface area contributed by atoms with Gasteiger partial charge >= 0.3 is 6.03 Å². The van der Waals surface area contributed by atoms with E-state index in [2.05, 4.69) is 21.5 Å². The van der Waals surface area contributed by atoms with Gasteiger partial charge in [-0.3, -0.25) is 4.68 Å². The van der Waals surface area contributed by atoms with Crippen LogP contribution in [0.25, 0.3) is 0 Å². The van der Waals surface area contributed by atoms with Gasteiger partial charge in [-0.2, -0.15) is 10.4 Å². The summed E-state index contributed by atoms with van der Waals surface area (Å²) in [5.74, 6) is 0.377. The SMILES string of the molecule is N#Cc1cccc(NC(=O)N2CCCC(Cn3cncn3)C2)c1. The Labute approximate surface area is 134 Å². The predicted octanol–water partition coefficient (Wildman–Crippen LogP) is 2.09. The third kappa shape index (κ3) is 3.86. The number of anilines is 1. The summed E-state index contributed by atoms with van der Waals surface area (Å²) in [4.78, 5) is 18.2. The monoisotopic (exact) mass is 310 g/mol. The highest BCUT2D eigenvalue weighted by atomic mass is 16.2. The van der Waals surface area contributed by atoms with Gasteiger partial charge in [0.1, 0.15) is 12.7 Å². The van der Waals surface area contributed by atoms with Crippen LogP contribution in [0.1, 0.15) is 18.4 Å². The second kappa shape index (κ2) is 6.92. The highest BCUT2D eigenvalue weighted by molar-refractivity contribution is 5.89. The van der Waals surface area contributed by atoms with Gasteiger partial charge in [-0.05, 0) is 37.0 Å². The average molecular weight is 310 g/mol. The second-order valence-electron chi connectivity index (χ2n) is 5.69. The van der Waals surface area contributed by atoms with Crippen LogP contribution in [0.2, 0.25) is 0 Å². The minimum atomic E-state index is -0.122. The first-order valence-electron chi connectivity index (χ1n) is 7.63. The van der Waals surface area contributed by atoms with Crippen LogP contribution in [0.3, 0.4) is 0 Å². The molecule has 1 unspecified atom stereocenters. The summed E-state index contributed by atoms with van der Waals surface area (Å²) in [6.45, 7) is 2.22. The van der Waals surface area contributed by atoms with Crippen LogP contribution in [0.4, 0.5) is 10.5 Å². The van der Waals surface area contributed by atoms with Crippen LogP contribution >= 0.6 is 0 Å². The first-order valence-corrected chi connectivity index (χ1v) is 7.63. The standard InChI is InChI=1S/C16H18N6O/c17-8-13-3-1-5-15(7-13)20-16(23)21-6-2-4-14(9-21)10-22-12-18-11-19-22/h1,3,5,7,11-12,14H,2,4,6,9-10H2,(H,20,23). The highest BCUT2D eigenvalue weighted by Gasteiger charge is 2.24. The predicted molar refractivity (Wildman–Crippen MR) is 84.5 cm³/mol. The molecule has 2 heterocycles. The number of piperidine rings is 1. The molecule has 118 valence electrons. The Morgan fingerprint density at radius 3 is 3.17 bits per heavy atom. The van der Waals surface area contributed by atoms with Crippen LogP contribution in [-0.4, -0.2) is 38.8 Å². The lowest BCUT2D eigenvalue weighted by atomic mass is 9.98. The van der Waals surface area contributed by atoms with E-state index >= 15 is 0 Å². The van der Waals surface area contributed by atoms with Gasteiger partial charge in [0.25, 0.3) is 0 Å². The fraction of sp³-hybridized carbons (Fsp3) is 0.375. The van der Waals surface area contributed by atoms with Gasteiger partial charge in [-0.1, -0.05) is 6.07 Å². The van der Waals surface area contributed by atoms with E-state index in [1.807, 2.05) is 9.58 Å². The summed E-state index contributed by atoms with van der Waals surface area (Å²) in [6.07, 6.45) is 5.28. The normalized spacial score (nSPS) is 17.5. The van der Waals surface area contributed by atoms with Crippen molar-refractivity contribution < 1.29 is 4.79 Å². The number of carbonyl (C=O) groups excluding carboxylic acids is 1. The molecule has 1 fully saturated rings. The number of likely N-dealkylation sites (tertiary alicyclic amines) is 1. The van der Waals surface area contributed by atoms with E-state index in [1.165, 1.54) is 6.33 Å². The number of nitrogens with one attached hydrogen (secondary N) is 1. The van der Waals surface area contributed by atoms with Gasteiger partial charge in [0, 0.05) is 25.3 Å². The van der Waals surface area contributed by atoms with E-state index in [4.69, 9.17) is 5.26 Å². The molecule has 1 aromatic carbocycles. The molecule has 0 spiro atoms. The van der Waals surface area contributed by atoms with E-state index in [0.717, 1.165) is 25.9 Å². The molecule has 0 radical (unpaired) electrons. The lowest BCUT2D eigenvalue weighted by Gasteiger charge is -2.32. The molecule has 1 aliphatic rings. The average Bonchev–Trinajstić information content (AvgIpc) is 3.08. The highest BCUT2D eigenvalue weighted by Crippen LogP contribution is 2.19. The number of rotatable bonds is 3. The molecule has 0 saturated carbocycles. The molecule has 3 rings (SSSR count). The molecule has 7 heteroatoms. The zero-order chi connectivity index (χ0) is 16.1. The van der Waals surface area contributed by atoms with Crippen molar-refractivity contribution in [3.05, 3.63) is 42.5 Å². The molecule has 0 bridgehead atoms. The van der Waals surface area contributed by atoms with Crippen LogP contribution in [-0.2, 0) is 6.54 Å². The summed E-state index contributed by atoms with van der Waals surface area (Å²) >= 11 is 0. The molecule has 2 amide bonds. The van der Waals surface area contributed by atoms with Crippen molar-refractivity contribution in [2.75, 3.05) is 18.4 Å². The molecular weight excluding hydrogens is 292 g/mol. The van der Waals surface area contributed by atoms with Crippen LogP contribution < -0.4 is 5.32 Å². The summed E-state index contributed by atoms with van der Waals surface area (Å²) in [5.41, 5.74) is 1.18. The zero-order valence-electron chi connectivity index (χ0n) is 12.7. The number of hydrogen-bond donors (Lipinski definition) is 1. The van der Waals surface area contributed by atoms with E-state index in [1.54, 1.807) is 30.6 Å². The van der Waals surface area contributed by atoms with Crippen molar-refractivity contribution in [1.82, 2.24) is 19.7 Å². The first kappa shape index (κ1) is 15.0. The molecule has 7 nitrogen and oxygen atoms in total. The second-order valence-corrected chi connectivity index (χ2v) is 5.69. The quantitative estimate of drug-likeness (QED) is 0.940. The van der Waals surface area contributed by atoms with Crippen molar-refractivity contribution in [2.24, 2.45) is 5.92 Å². The van der Waals surface area contributed by atoms with Crippen molar-refractivity contribution in [3.8, 4) is 6.07 Å². The number of nitriles is 1. The molecule has 1 N–H and O–H groups in total. The lowest BCUT2D eigenvalue weighted by Crippen LogP contribution is -2.43. The van der Waals surface area contributed by atoms with E-state index < -0.39 is 0 Å². The van der Waals surface area contributed by atoms with Crippen LogP contribution in [0, 0.1) is 17.2 Å². The van der Waals surface area contributed by atoms with Crippen molar-refractivity contribution in [3.63, 3.8) is 0 Å². The Balaban J connectivity index is 1.59. The maximum atomic E-state index is 12.4. The Kier molecular flexibility index (Phi) is 4.52. The van der Waals surface area contributed by atoms with Crippen LogP contribution in [0.15, 0.2) is 36.9 Å². The van der Waals surface area contributed by atoms with E-state index in [0.29, 0.717) is 23.7 Å². The number of aromatic nitrogens is 3. The molecule has 23 heavy (non-hydrogen) atoms. The van der Waals surface area contributed by atoms with Gasteiger partial charge in [-0.25, -0.2) is 9.78 Å². The Hall–Kier alpha value is -2.88. The third-order valence-corrected chi connectivity index (χ3v) is 3.96. The Morgan fingerprint density at radius 1 is 1.48 bits per heavy atom. The first-order chi connectivity index (χ1) is 11.2.